The smallest absolute Gasteiger partial charge is 0.325 e. The Hall–Kier alpha value is -2.93. The third-order valence-corrected chi connectivity index (χ3v) is 4.50. The molecule has 3 rings (SSSR count). The van der Waals surface area contributed by atoms with E-state index in [0.29, 0.717) is 16.7 Å². The van der Waals surface area contributed by atoms with Gasteiger partial charge in [-0.15, -0.1) is 10.2 Å². The molecule has 0 spiro atoms. The van der Waals surface area contributed by atoms with Gasteiger partial charge in [-0.25, -0.2) is 4.79 Å². The van der Waals surface area contributed by atoms with E-state index in [9.17, 15) is 4.79 Å². The van der Waals surface area contributed by atoms with Gasteiger partial charge in [-0.2, -0.15) is 0 Å². The van der Waals surface area contributed by atoms with Crippen molar-refractivity contribution in [2.24, 2.45) is 0 Å². The lowest BCUT2D eigenvalue weighted by atomic mass is 10.1. The Morgan fingerprint density at radius 2 is 1.73 bits per heavy atom. The van der Waals surface area contributed by atoms with E-state index in [4.69, 9.17) is 4.74 Å². The molecule has 0 aliphatic rings. The largest absolute Gasteiger partial charge is 0.486 e. The molecular weight excluding hydrogens is 348 g/mol. The summed E-state index contributed by atoms with van der Waals surface area (Å²) in [4.78, 5) is 12.0. The van der Waals surface area contributed by atoms with Gasteiger partial charge >= 0.3 is 6.03 Å². The highest BCUT2D eigenvalue weighted by Crippen LogP contribution is 2.22. The van der Waals surface area contributed by atoms with Crippen LogP contribution in [0.4, 0.5) is 15.6 Å². The summed E-state index contributed by atoms with van der Waals surface area (Å²) < 4.78 is 5.81. The van der Waals surface area contributed by atoms with E-state index in [1.807, 2.05) is 63.2 Å². The normalized spacial score (nSPS) is 10.4. The molecule has 6 nitrogen and oxygen atoms in total. The second-order valence-electron chi connectivity index (χ2n) is 6.00. The summed E-state index contributed by atoms with van der Waals surface area (Å²) in [6.07, 6.45) is 0. The molecule has 0 saturated carbocycles. The molecule has 0 aliphatic carbocycles. The van der Waals surface area contributed by atoms with Crippen LogP contribution in [0.15, 0.2) is 42.5 Å². The van der Waals surface area contributed by atoms with Gasteiger partial charge in [-0.05, 0) is 50.1 Å². The average molecular weight is 368 g/mol. The van der Waals surface area contributed by atoms with Crippen molar-refractivity contribution in [2.45, 2.75) is 27.4 Å². The predicted molar refractivity (Wildman–Crippen MR) is 104 cm³/mol. The first-order valence-corrected chi connectivity index (χ1v) is 8.98. The molecule has 1 aromatic heterocycles. The first-order chi connectivity index (χ1) is 12.5. The van der Waals surface area contributed by atoms with Crippen LogP contribution in [-0.2, 0) is 6.61 Å². The van der Waals surface area contributed by atoms with Gasteiger partial charge in [-0.3, -0.25) is 5.32 Å². The van der Waals surface area contributed by atoms with Crippen LogP contribution in [0.25, 0.3) is 0 Å². The molecule has 0 aliphatic heterocycles. The maximum Gasteiger partial charge on any atom is 0.325 e. The maximum atomic E-state index is 12.0. The van der Waals surface area contributed by atoms with E-state index in [1.165, 1.54) is 11.3 Å². The lowest BCUT2D eigenvalue weighted by molar-refractivity contribution is 0.262. The molecule has 26 heavy (non-hydrogen) atoms. The van der Waals surface area contributed by atoms with Crippen LogP contribution in [-0.4, -0.2) is 16.2 Å². The van der Waals surface area contributed by atoms with E-state index in [-0.39, 0.29) is 6.03 Å². The number of carbonyl (C=O) groups is 1. The summed E-state index contributed by atoms with van der Waals surface area (Å²) >= 11 is 1.28. The van der Waals surface area contributed by atoms with Gasteiger partial charge in [0.15, 0.2) is 5.01 Å². The Bertz CT molecular complexity index is 906. The molecule has 0 unspecified atom stereocenters. The number of benzene rings is 2. The molecular formula is C19H20N4O2S. The molecule has 0 fully saturated rings. The second-order valence-corrected chi connectivity index (χ2v) is 7.07. The highest BCUT2D eigenvalue weighted by Gasteiger charge is 2.09. The summed E-state index contributed by atoms with van der Waals surface area (Å²) in [5.41, 5.74) is 4.05. The van der Waals surface area contributed by atoms with Gasteiger partial charge < -0.3 is 10.1 Å². The van der Waals surface area contributed by atoms with Crippen LogP contribution in [0, 0.1) is 20.8 Å². The zero-order valence-corrected chi connectivity index (χ0v) is 15.7. The highest BCUT2D eigenvalue weighted by atomic mass is 32.1. The first-order valence-electron chi connectivity index (χ1n) is 8.17. The number of carbonyl (C=O) groups excluding carboxylic acids is 1. The number of nitrogens with one attached hydrogen (secondary N) is 2. The van der Waals surface area contributed by atoms with Crippen LogP contribution in [0.2, 0.25) is 0 Å². The van der Waals surface area contributed by atoms with Crippen molar-refractivity contribution in [2.75, 3.05) is 10.6 Å². The molecule has 2 amide bonds. The highest BCUT2D eigenvalue weighted by molar-refractivity contribution is 7.15. The molecule has 2 aromatic carbocycles. The summed E-state index contributed by atoms with van der Waals surface area (Å²) in [6.45, 7) is 6.32. The van der Waals surface area contributed by atoms with Crippen molar-refractivity contribution in [3.63, 3.8) is 0 Å². The fourth-order valence-electron chi connectivity index (χ4n) is 2.26. The third-order valence-electron chi connectivity index (χ3n) is 3.69. The quantitative estimate of drug-likeness (QED) is 0.685. The van der Waals surface area contributed by atoms with Crippen molar-refractivity contribution in [1.82, 2.24) is 10.2 Å². The predicted octanol–water partition coefficient (Wildman–Crippen LogP) is 4.69. The number of rotatable bonds is 5. The Labute approximate surface area is 156 Å². The van der Waals surface area contributed by atoms with E-state index in [1.54, 1.807) is 0 Å². The topological polar surface area (TPSA) is 76.1 Å². The van der Waals surface area contributed by atoms with Gasteiger partial charge in [0.2, 0.25) is 5.13 Å². The standard InChI is InChI=1S/C19H20N4O2S/c1-12-5-8-15(9-6-12)20-18(24)21-19-23-22-17(26-19)11-25-16-10-13(2)4-7-14(16)3/h4-10H,11H2,1-3H3,(H2,20,21,23,24). The molecule has 0 atom stereocenters. The first kappa shape index (κ1) is 17.9. The van der Waals surface area contributed by atoms with Gasteiger partial charge in [0.25, 0.3) is 0 Å². The van der Waals surface area contributed by atoms with Crippen LogP contribution < -0.4 is 15.4 Å². The van der Waals surface area contributed by atoms with Crippen LogP contribution >= 0.6 is 11.3 Å². The van der Waals surface area contributed by atoms with Crippen LogP contribution in [0.1, 0.15) is 21.7 Å². The second kappa shape index (κ2) is 7.97. The molecule has 0 bridgehead atoms. The molecule has 7 heteroatoms. The zero-order valence-electron chi connectivity index (χ0n) is 14.9. The number of anilines is 2. The van der Waals surface area contributed by atoms with Crippen LogP contribution in [0.5, 0.6) is 5.75 Å². The summed E-state index contributed by atoms with van der Waals surface area (Å²) in [5.74, 6) is 0.826. The Balaban J connectivity index is 1.55. The van der Waals surface area contributed by atoms with E-state index >= 15 is 0 Å². The molecule has 134 valence electrons. The molecule has 0 saturated heterocycles. The fraction of sp³-hybridized carbons (Fsp3) is 0.211. The van der Waals surface area contributed by atoms with Crippen molar-refractivity contribution in [1.29, 1.82) is 0 Å². The summed E-state index contributed by atoms with van der Waals surface area (Å²) in [7, 11) is 0. The van der Waals surface area contributed by atoms with Crippen molar-refractivity contribution >= 4 is 28.2 Å². The van der Waals surface area contributed by atoms with E-state index < -0.39 is 0 Å². The van der Waals surface area contributed by atoms with E-state index in [2.05, 4.69) is 20.8 Å². The Morgan fingerprint density at radius 3 is 2.50 bits per heavy atom. The summed E-state index contributed by atoms with van der Waals surface area (Å²) in [6, 6.07) is 13.3. The number of hydrogen-bond acceptors (Lipinski definition) is 5. The number of amides is 2. The van der Waals surface area contributed by atoms with Gasteiger partial charge in [0.05, 0.1) is 0 Å². The average Bonchev–Trinajstić information content (AvgIpc) is 3.05. The van der Waals surface area contributed by atoms with Crippen molar-refractivity contribution < 1.29 is 9.53 Å². The summed E-state index contributed by atoms with van der Waals surface area (Å²) in [5, 5.41) is 14.6. The monoisotopic (exact) mass is 368 g/mol. The van der Waals surface area contributed by atoms with Crippen molar-refractivity contribution in [3.05, 3.63) is 64.2 Å². The number of hydrogen-bond donors (Lipinski definition) is 2. The number of aryl methyl sites for hydroxylation is 3. The molecule has 1 heterocycles. The molecule has 3 aromatic rings. The minimum absolute atomic E-state index is 0.309. The zero-order chi connectivity index (χ0) is 18.5. The van der Waals surface area contributed by atoms with Gasteiger partial charge in [-0.1, -0.05) is 41.2 Å². The Kier molecular flexibility index (Phi) is 5.48. The Morgan fingerprint density at radius 1 is 1.00 bits per heavy atom. The third kappa shape index (κ3) is 4.80. The lowest BCUT2D eigenvalue weighted by Gasteiger charge is -2.08. The number of ether oxygens (including phenoxy) is 1. The number of urea groups is 1. The van der Waals surface area contributed by atoms with Crippen LogP contribution in [0.3, 0.4) is 0 Å². The molecule has 2 N–H and O–H groups in total. The van der Waals surface area contributed by atoms with E-state index in [0.717, 1.165) is 28.1 Å². The minimum atomic E-state index is -0.355. The number of nitrogens with zero attached hydrogens (tertiary/aromatic N) is 2. The lowest BCUT2D eigenvalue weighted by Crippen LogP contribution is -2.19. The SMILES string of the molecule is Cc1ccc(NC(=O)Nc2nnc(COc3cc(C)ccc3C)s2)cc1. The fourth-order valence-corrected chi connectivity index (χ4v) is 2.91. The van der Waals surface area contributed by atoms with Gasteiger partial charge in [0, 0.05) is 5.69 Å². The number of aromatic nitrogens is 2. The van der Waals surface area contributed by atoms with Gasteiger partial charge in [0.1, 0.15) is 12.4 Å². The van der Waals surface area contributed by atoms with Crippen molar-refractivity contribution in [3.8, 4) is 5.75 Å². The maximum absolute atomic E-state index is 12.0. The minimum Gasteiger partial charge on any atom is -0.486 e. The molecule has 0 radical (unpaired) electrons.